The number of carbonyl (C=O) groups is 2. The Hall–Kier alpha value is -1.49. The predicted octanol–water partition coefficient (Wildman–Crippen LogP) is 2.88. The van der Waals surface area contributed by atoms with Gasteiger partial charge in [0, 0.05) is 17.9 Å². The van der Waals surface area contributed by atoms with E-state index in [1.165, 1.54) is 9.80 Å². The number of carboxylic acids is 1. The van der Waals surface area contributed by atoms with E-state index < -0.39 is 5.97 Å². The van der Waals surface area contributed by atoms with E-state index in [1.807, 2.05) is 37.3 Å². The SMILES string of the molecule is CCCN(CC(=O)O)C(=O)CCCSc1ccccc1. The summed E-state index contributed by atoms with van der Waals surface area (Å²) in [6.45, 7) is 2.25. The Morgan fingerprint density at radius 2 is 1.95 bits per heavy atom. The maximum atomic E-state index is 11.9. The van der Waals surface area contributed by atoms with E-state index in [2.05, 4.69) is 0 Å². The molecular formula is C15H21NO3S. The van der Waals surface area contributed by atoms with Crippen LogP contribution in [0.15, 0.2) is 35.2 Å². The van der Waals surface area contributed by atoms with Gasteiger partial charge in [0.15, 0.2) is 0 Å². The lowest BCUT2D eigenvalue weighted by molar-refractivity contribution is -0.144. The van der Waals surface area contributed by atoms with E-state index in [9.17, 15) is 9.59 Å². The van der Waals surface area contributed by atoms with Gasteiger partial charge in [-0.1, -0.05) is 25.1 Å². The molecule has 0 saturated carbocycles. The zero-order chi connectivity index (χ0) is 14.8. The standard InChI is InChI=1S/C15H21NO3S/c1-2-10-16(12-15(18)19)14(17)9-6-11-20-13-7-4-3-5-8-13/h3-5,7-8H,2,6,9-12H2,1H3,(H,18,19). The Bertz CT molecular complexity index is 422. The Kier molecular flexibility index (Phi) is 7.80. The zero-order valence-corrected chi connectivity index (χ0v) is 12.6. The van der Waals surface area contributed by atoms with Gasteiger partial charge in [-0.25, -0.2) is 0 Å². The molecule has 0 saturated heterocycles. The minimum absolute atomic E-state index is 0.0667. The minimum Gasteiger partial charge on any atom is -0.480 e. The highest BCUT2D eigenvalue weighted by atomic mass is 32.2. The number of thioether (sulfide) groups is 1. The van der Waals surface area contributed by atoms with Crippen LogP contribution in [-0.2, 0) is 9.59 Å². The first kappa shape index (κ1) is 16.6. The summed E-state index contributed by atoms with van der Waals surface area (Å²) in [7, 11) is 0. The lowest BCUT2D eigenvalue weighted by Gasteiger charge is -2.19. The molecule has 0 spiro atoms. The highest BCUT2D eigenvalue weighted by Crippen LogP contribution is 2.18. The van der Waals surface area contributed by atoms with E-state index >= 15 is 0 Å². The Morgan fingerprint density at radius 1 is 1.25 bits per heavy atom. The second-order valence-corrected chi connectivity index (χ2v) is 5.64. The van der Waals surface area contributed by atoms with Crippen molar-refractivity contribution in [2.24, 2.45) is 0 Å². The quantitative estimate of drug-likeness (QED) is 0.562. The molecule has 0 aliphatic rings. The summed E-state index contributed by atoms with van der Waals surface area (Å²) in [5.74, 6) is -0.156. The number of hydrogen-bond acceptors (Lipinski definition) is 3. The third kappa shape index (κ3) is 6.61. The molecule has 20 heavy (non-hydrogen) atoms. The lowest BCUT2D eigenvalue weighted by atomic mass is 10.3. The number of nitrogens with zero attached hydrogens (tertiary/aromatic N) is 1. The van der Waals surface area contributed by atoms with Crippen LogP contribution in [0.2, 0.25) is 0 Å². The van der Waals surface area contributed by atoms with E-state index in [0.717, 1.165) is 18.6 Å². The van der Waals surface area contributed by atoms with Crippen molar-refractivity contribution in [2.45, 2.75) is 31.1 Å². The van der Waals surface area contributed by atoms with Gasteiger partial charge in [0.25, 0.3) is 0 Å². The maximum absolute atomic E-state index is 11.9. The Morgan fingerprint density at radius 3 is 2.55 bits per heavy atom. The van der Waals surface area contributed by atoms with Crippen molar-refractivity contribution < 1.29 is 14.7 Å². The van der Waals surface area contributed by atoms with Crippen molar-refractivity contribution >= 4 is 23.6 Å². The molecule has 1 N–H and O–H groups in total. The van der Waals surface area contributed by atoms with Gasteiger partial charge in [-0.15, -0.1) is 11.8 Å². The molecule has 1 aromatic carbocycles. The molecule has 0 unspecified atom stereocenters. The average molecular weight is 295 g/mol. The fraction of sp³-hybridized carbons (Fsp3) is 0.467. The molecule has 0 fully saturated rings. The summed E-state index contributed by atoms with van der Waals surface area (Å²) in [6.07, 6.45) is 1.95. The number of rotatable bonds is 9. The first-order valence-electron chi connectivity index (χ1n) is 6.81. The summed E-state index contributed by atoms with van der Waals surface area (Å²) in [5, 5.41) is 8.78. The van der Waals surface area contributed by atoms with Crippen LogP contribution >= 0.6 is 11.8 Å². The highest BCUT2D eigenvalue weighted by Gasteiger charge is 2.15. The third-order valence-electron chi connectivity index (χ3n) is 2.72. The van der Waals surface area contributed by atoms with Crippen molar-refractivity contribution in [1.29, 1.82) is 0 Å². The van der Waals surface area contributed by atoms with Gasteiger partial charge >= 0.3 is 5.97 Å². The van der Waals surface area contributed by atoms with E-state index in [4.69, 9.17) is 5.11 Å². The molecule has 1 rings (SSSR count). The van der Waals surface area contributed by atoms with Crippen LogP contribution in [-0.4, -0.2) is 40.7 Å². The van der Waals surface area contributed by atoms with Crippen molar-refractivity contribution in [1.82, 2.24) is 4.90 Å². The van der Waals surface area contributed by atoms with Gasteiger partial charge < -0.3 is 10.0 Å². The monoisotopic (exact) mass is 295 g/mol. The number of benzene rings is 1. The topological polar surface area (TPSA) is 57.6 Å². The third-order valence-corrected chi connectivity index (χ3v) is 3.82. The zero-order valence-electron chi connectivity index (χ0n) is 11.7. The molecule has 4 nitrogen and oxygen atoms in total. The van der Waals surface area contributed by atoms with Crippen LogP contribution < -0.4 is 0 Å². The largest absolute Gasteiger partial charge is 0.480 e. The molecule has 5 heteroatoms. The number of amides is 1. The fourth-order valence-corrected chi connectivity index (χ4v) is 2.69. The van der Waals surface area contributed by atoms with Crippen LogP contribution in [0.4, 0.5) is 0 Å². The molecule has 0 bridgehead atoms. The molecule has 1 aromatic rings. The van der Waals surface area contributed by atoms with Crippen LogP contribution in [0.1, 0.15) is 26.2 Å². The lowest BCUT2D eigenvalue weighted by Crippen LogP contribution is -2.36. The van der Waals surface area contributed by atoms with Gasteiger partial charge in [0.1, 0.15) is 6.54 Å². The number of hydrogen-bond donors (Lipinski definition) is 1. The summed E-state index contributed by atoms with van der Waals surface area (Å²) in [6, 6.07) is 10.0. The smallest absolute Gasteiger partial charge is 0.323 e. The van der Waals surface area contributed by atoms with Crippen molar-refractivity contribution in [3.8, 4) is 0 Å². The molecule has 1 amide bonds. The normalized spacial score (nSPS) is 10.2. The van der Waals surface area contributed by atoms with Gasteiger partial charge in [-0.05, 0) is 30.7 Å². The van der Waals surface area contributed by atoms with Crippen LogP contribution in [0, 0.1) is 0 Å². The molecule has 0 aliphatic heterocycles. The van der Waals surface area contributed by atoms with Crippen molar-refractivity contribution in [3.63, 3.8) is 0 Å². The number of carboxylic acid groups (broad SMARTS) is 1. The first-order chi connectivity index (χ1) is 9.63. The van der Waals surface area contributed by atoms with Gasteiger partial charge in [0.05, 0.1) is 0 Å². The summed E-state index contributed by atoms with van der Waals surface area (Å²) in [5.41, 5.74) is 0. The fourth-order valence-electron chi connectivity index (χ4n) is 1.81. The second kappa shape index (κ2) is 9.42. The molecule has 0 aromatic heterocycles. The molecular weight excluding hydrogens is 274 g/mol. The maximum Gasteiger partial charge on any atom is 0.323 e. The minimum atomic E-state index is -0.953. The molecule has 110 valence electrons. The highest BCUT2D eigenvalue weighted by molar-refractivity contribution is 7.99. The van der Waals surface area contributed by atoms with Crippen LogP contribution in [0.25, 0.3) is 0 Å². The summed E-state index contributed by atoms with van der Waals surface area (Å²) >= 11 is 1.71. The van der Waals surface area contributed by atoms with E-state index in [1.54, 1.807) is 11.8 Å². The Labute approximate surface area is 124 Å². The molecule has 0 atom stereocenters. The number of aliphatic carboxylic acids is 1. The van der Waals surface area contributed by atoms with E-state index in [0.29, 0.717) is 13.0 Å². The Balaban J connectivity index is 2.28. The van der Waals surface area contributed by atoms with Crippen molar-refractivity contribution in [3.05, 3.63) is 30.3 Å². The first-order valence-corrected chi connectivity index (χ1v) is 7.79. The van der Waals surface area contributed by atoms with Crippen LogP contribution in [0.5, 0.6) is 0 Å². The average Bonchev–Trinajstić information content (AvgIpc) is 2.43. The van der Waals surface area contributed by atoms with Gasteiger partial charge in [-0.2, -0.15) is 0 Å². The van der Waals surface area contributed by atoms with Gasteiger partial charge in [0.2, 0.25) is 5.91 Å². The predicted molar refractivity (Wildman–Crippen MR) is 80.9 cm³/mol. The summed E-state index contributed by atoms with van der Waals surface area (Å²) < 4.78 is 0. The second-order valence-electron chi connectivity index (χ2n) is 4.47. The molecule has 0 radical (unpaired) electrons. The van der Waals surface area contributed by atoms with Crippen molar-refractivity contribution in [2.75, 3.05) is 18.8 Å². The molecule has 0 heterocycles. The van der Waals surface area contributed by atoms with Crippen LogP contribution in [0.3, 0.4) is 0 Å². The number of carbonyl (C=O) groups excluding carboxylic acids is 1. The molecule has 0 aliphatic carbocycles. The van der Waals surface area contributed by atoms with Gasteiger partial charge in [-0.3, -0.25) is 9.59 Å². The van der Waals surface area contributed by atoms with E-state index in [-0.39, 0.29) is 12.5 Å². The summed E-state index contributed by atoms with van der Waals surface area (Å²) in [4.78, 5) is 25.3.